The number of aryl methyl sites for hydroxylation is 1. The lowest BCUT2D eigenvalue weighted by atomic mass is 10.1. The van der Waals surface area contributed by atoms with Crippen molar-refractivity contribution in [3.8, 4) is 11.6 Å². The van der Waals surface area contributed by atoms with Crippen molar-refractivity contribution in [2.75, 3.05) is 31.2 Å². The Labute approximate surface area is 128 Å². The Morgan fingerprint density at radius 3 is 2.73 bits per heavy atom. The van der Waals surface area contributed by atoms with E-state index in [-0.39, 0.29) is 0 Å². The quantitative estimate of drug-likeness (QED) is 0.727. The highest BCUT2D eigenvalue weighted by atomic mass is 16.5. The maximum absolute atomic E-state index is 5.47. The van der Waals surface area contributed by atoms with E-state index < -0.39 is 0 Å². The largest absolute Gasteiger partial charge is 0.461 e. The van der Waals surface area contributed by atoms with Crippen molar-refractivity contribution in [3.63, 3.8) is 0 Å². The van der Waals surface area contributed by atoms with Gasteiger partial charge in [-0.15, -0.1) is 0 Å². The van der Waals surface area contributed by atoms with Gasteiger partial charge >= 0.3 is 0 Å². The van der Waals surface area contributed by atoms with Gasteiger partial charge < -0.3 is 14.1 Å². The Morgan fingerprint density at radius 1 is 1.09 bits per heavy atom. The van der Waals surface area contributed by atoms with Crippen LogP contribution in [0.5, 0.6) is 0 Å². The second-order valence-corrected chi connectivity index (χ2v) is 5.47. The first-order chi connectivity index (χ1) is 10.8. The number of nitrogens with zero attached hydrogens (tertiary/aromatic N) is 3. The van der Waals surface area contributed by atoms with Gasteiger partial charge in [-0.1, -0.05) is 11.6 Å². The number of furan rings is 1. The minimum Gasteiger partial charge on any atom is -0.461 e. The Hall–Kier alpha value is -2.40. The fourth-order valence-corrected chi connectivity index (χ4v) is 2.76. The number of ether oxygens (including phenoxy) is 1. The number of anilines is 1. The third kappa shape index (κ3) is 2.33. The van der Waals surface area contributed by atoms with Gasteiger partial charge in [-0.2, -0.15) is 0 Å². The van der Waals surface area contributed by atoms with E-state index in [1.54, 1.807) is 6.26 Å². The van der Waals surface area contributed by atoms with E-state index in [4.69, 9.17) is 14.1 Å². The van der Waals surface area contributed by atoms with E-state index in [1.165, 1.54) is 5.56 Å². The summed E-state index contributed by atoms with van der Waals surface area (Å²) in [6, 6.07) is 10.0. The molecule has 1 aromatic carbocycles. The molecule has 0 aliphatic carbocycles. The first-order valence-electron chi connectivity index (χ1n) is 7.46. The van der Waals surface area contributed by atoms with Crippen LogP contribution in [-0.2, 0) is 4.74 Å². The maximum atomic E-state index is 5.47. The fourth-order valence-electron chi connectivity index (χ4n) is 2.76. The third-order valence-electron chi connectivity index (χ3n) is 3.88. The molecule has 0 spiro atoms. The second kappa shape index (κ2) is 5.42. The Kier molecular flexibility index (Phi) is 3.27. The van der Waals surface area contributed by atoms with Crippen LogP contribution in [0, 0.1) is 6.92 Å². The van der Waals surface area contributed by atoms with E-state index in [0.29, 0.717) is 11.6 Å². The first-order valence-corrected chi connectivity index (χ1v) is 7.46. The van der Waals surface area contributed by atoms with Gasteiger partial charge in [0.2, 0.25) is 0 Å². The fraction of sp³-hybridized carbons (Fsp3) is 0.294. The molecule has 5 heteroatoms. The van der Waals surface area contributed by atoms with Gasteiger partial charge in [0.05, 0.1) is 25.0 Å². The van der Waals surface area contributed by atoms with Crippen LogP contribution in [-0.4, -0.2) is 36.3 Å². The molecule has 0 unspecified atom stereocenters. The summed E-state index contributed by atoms with van der Waals surface area (Å²) in [7, 11) is 0. The molecule has 0 N–H and O–H groups in total. The van der Waals surface area contributed by atoms with Crippen molar-refractivity contribution in [2.24, 2.45) is 0 Å². The smallest absolute Gasteiger partial charge is 0.198 e. The third-order valence-corrected chi connectivity index (χ3v) is 3.88. The first kappa shape index (κ1) is 13.3. The van der Waals surface area contributed by atoms with Gasteiger partial charge in [-0.05, 0) is 31.2 Å². The van der Waals surface area contributed by atoms with Crippen LogP contribution in [0.25, 0.3) is 22.5 Å². The van der Waals surface area contributed by atoms with Gasteiger partial charge in [0.1, 0.15) is 5.82 Å². The summed E-state index contributed by atoms with van der Waals surface area (Å²) in [5.41, 5.74) is 2.14. The molecule has 0 saturated carbocycles. The van der Waals surface area contributed by atoms with Gasteiger partial charge in [0.25, 0.3) is 0 Å². The number of fused-ring (bicyclic) bond motifs is 1. The van der Waals surface area contributed by atoms with Gasteiger partial charge in [-0.25, -0.2) is 9.97 Å². The molecule has 0 bridgehead atoms. The number of rotatable bonds is 2. The average molecular weight is 295 g/mol. The highest BCUT2D eigenvalue weighted by Gasteiger charge is 2.18. The summed E-state index contributed by atoms with van der Waals surface area (Å²) in [6.07, 6.45) is 1.65. The molecule has 3 heterocycles. The van der Waals surface area contributed by atoms with Crippen LogP contribution in [0.3, 0.4) is 0 Å². The van der Waals surface area contributed by atoms with Crippen molar-refractivity contribution >= 4 is 16.7 Å². The molecule has 0 atom stereocenters. The molecule has 0 radical (unpaired) electrons. The normalized spacial score (nSPS) is 15.4. The van der Waals surface area contributed by atoms with Crippen LogP contribution >= 0.6 is 0 Å². The zero-order valence-corrected chi connectivity index (χ0v) is 12.5. The Balaban J connectivity index is 1.92. The molecule has 2 aromatic heterocycles. The SMILES string of the molecule is Cc1ccc2nc(-c3ccco3)nc(N3CCOCC3)c2c1. The van der Waals surface area contributed by atoms with Crippen LogP contribution in [0.15, 0.2) is 41.0 Å². The number of morpholine rings is 1. The van der Waals surface area contributed by atoms with Crippen molar-refractivity contribution < 1.29 is 9.15 Å². The van der Waals surface area contributed by atoms with Crippen LogP contribution in [0.4, 0.5) is 5.82 Å². The summed E-state index contributed by atoms with van der Waals surface area (Å²) in [5.74, 6) is 2.28. The topological polar surface area (TPSA) is 51.4 Å². The summed E-state index contributed by atoms with van der Waals surface area (Å²) in [6.45, 7) is 5.24. The van der Waals surface area contributed by atoms with E-state index in [9.17, 15) is 0 Å². The molecule has 1 saturated heterocycles. The maximum Gasteiger partial charge on any atom is 0.198 e. The van der Waals surface area contributed by atoms with Crippen molar-refractivity contribution in [2.45, 2.75) is 6.92 Å². The molecular weight excluding hydrogens is 278 g/mol. The summed E-state index contributed by atoms with van der Waals surface area (Å²) in [4.78, 5) is 11.7. The predicted molar refractivity (Wildman–Crippen MR) is 85.0 cm³/mol. The van der Waals surface area contributed by atoms with Crippen molar-refractivity contribution in [3.05, 3.63) is 42.2 Å². The molecule has 1 aliphatic rings. The highest BCUT2D eigenvalue weighted by Crippen LogP contribution is 2.29. The van der Waals surface area contributed by atoms with E-state index in [0.717, 1.165) is 43.0 Å². The molecule has 112 valence electrons. The lowest BCUT2D eigenvalue weighted by Gasteiger charge is -2.29. The molecule has 22 heavy (non-hydrogen) atoms. The predicted octanol–water partition coefficient (Wildman–Crippen LogP) is 3.03. The molecular formula is C17H17N3O2. The molecule has 3 aromatic rings. The Bertz CT molecular complexity index is 793. The lowest BCUT2D eigenvalue weighted by Crippen LogP contribution is -2.37. The molecule has 0 amide bonds. The van der Waals surface area contributed by atoms with Crippen LogP contribution in [0.2, 0.25) is 0 Å². The highest BCUT2D eigenvalue weighted by molar-refractivity contribution is 5.91. The average Bonchev–Trinajstić information content (AvgIpc) is 3.09. The van der Waals surface area contributed by atoms with Crippen LogP contribution < -0.4 is 4.90 Å². The summed E-state index contributed by atoms with van der Waals surface area (Å²) >= 11 is 0. The standard InChI is InChI=1S/C17H17N3O2/c1-12-4-5-14-13(11-12)17(20-6-9-21-10-7-20)19-16(18-14)15-3-2-8-22-15/h2-5,8,11H,6-7,9-10H2,1H3. The molecule has 1 aliphatic heterocycles. The second-order valence-electron chi connectivity index (χ2n) is 5.47. The summed E-state index contributed by atoms with van der Waals surface area (Å²) in [5, 5.41) is 1.08. The van der Waals surface area contributed by atoms with Crippen molar-refractivity contribution in [1.82, 2.24) is 9.97 Å². The van der Waals surface area contributed by atoms with E-state index in [2.05, 4.69) is 28.9 Å². The lowest BCUT2D eigenvalue weighted by molar-refractivity contribution is 0.122. The number of benzene rings is 1. The number of aromatic nitrogens is 2. The minimum atomic E-state index is 0.628. The van der Waals surface area contributed by atoms with Gasteiger partial charge in [0.15, 0.2) is 11.6 Å². The zero-order chi connectivity index (χ0) is 14.9. The van der Waals surface area contributed by atoms with Gasteiger partial charge in [0, 0.05) is 18.5 Å². The zero-order valence-electron chi connectivity index (χ0n) is 12.5. The molecule has 1 fully saturated rings. The molecule has 4 rings (SSSR count). The summed E-state index contributed by atoms with van der Waals surface area (Å²) < 4.78 is 10.9. The van der Waals surface area contributed by atoms with Crippen molar-refractivity contribution in [1.29, 1.82) is 0 Å². The number of hydrogen-bond acceptors (Lipinski definition) is 5. The minimum absolute atomic E-state index is 0.628. The molecule has 5 nitrogen and oxygen atoms in total. The number of hydrogen-bond donors (Lipinski definition) is 0. The van der Waals surface area contributed by atoms with E-state index in [1.807, 2.05) is 18.2 Å². The van der Waals surface area contributed by atoms with Crippen LogP contribution in [0.1, 0.15) is 5.56 Å². The monoisotopic (exact) mass is 295 g/mol. The van der Waals surface area contributed by atoms with Gasteiger partial charge in [-0.3, -0.25) is 0 Å². The Morgan fingerprint density at radius 2 is 1.95 bits per heavy atom. The van der Waals surface area contributed by atoms with E-state index >= 15 is 0 Å².